The van der Waals surface area contributed by atoms with Gasteiger partial charge in [0.05, 0.1) is 11.8 Å². The minimum absolute atomic E-state index is 0.0850. The van der Waals surface area contributed by atoms with E-state index in [0.717, 1.165) is 24.3 Å². The quantitative estimate of drug-likeness (QED) is 0.842. The Morgan fingerprint density at radius 3 is 2.92 bits per heavy atom. The van der Waals surface area contributed by atoms with Crippen molar-refractivity contribution in [3.63, 3.8) is 0 Å². The summed E-state index contributed by atoms with van der Waals surface area (Å²) in [5, 5.41) is 3.81. The van der Waals surface area contributed by atoms with E-state index >= 15 is 0 Å². The van der Waals surface area contributed by atoms with Gasteiger partial charge in [-0.3, -0.25) is 4.79 Å². The van der Waals surface area contributed by atoms with Crippen molar-refractivity contribution in [2.45, 2.75) is 38.4 Å². The number of aromatic nitrogens is 1. The number of aryl methyl sites for hydroxylation is 1. The fourth-order valence-electron chi connectivity index (χ4n) is 3.98. The molecule has 1 aromatic heterocycles. The summed E-state index contributed by atoms with van der Waals surface area (Å²) in [6.07, 6.45) is 1.90. The fraction of sp³-hybridized carbons (Fsp3) is 0.500. The Hall–Kier alpha value is -2.34. The van der Waals surface area contributed by atoms with E-state index in [2.05, 4.69) is 12.1 Å². The Morgan fingerprint density at radius 1 is 1.38 bits per heavy atom. The number of amides is 1. The van der Waals surface area contributed by atoms with E-state index in [1.807, 2.05) is 42.2 Å². The van der Waals surface area contributed by atoms with Crippen LogP contribution in [0.25, 0.3) is 0 Å². The summed E-state index contributed by atoms with van der Waals surface area (Å²) in [4.78, 5) is 14.5. The van der Waals surface area contributed by atoms with Gasteiger partial charge in [0.25, 0.3) is 5.91 Å². The molecule has 6 heteroatoms. The smallest absolute Gasteiger partial charge is 0.292 e. The Morgan fingerprint density at radius 2 is 2.19 bits per heavy atom. The lowest BCUT2D eigenvalue weighted by molar-refractivity contribution is -0.0676. The number of hydrogen-bond acceptors (Lipinski definition) is 5. The number of rotatable bonds is 4. The number of piperidine rings is 1. The zero-order chi connectivity index (χ0) is 18.1. The summed E-state index contributed by atoms with van der Waals surface area (Å²) in [6.45, 7) is 5.79. The van der Waals surface area contributed by atoms with E-state index in [-0.39, 0.29) is 17.6 Å². The molecule has 4 rings (SSSR count). The second kappa shape index (κ2) is 6.76. The summed E-state index contributed by atoms with van der Waals surface area (Å²) in [5.41, 5.74) is 0.394. The van der Waals surface area contributed by atoms with Crippen LogP contribution in [0.1, 0.15) is 36.0 Å². The molecule has 2 aliphatic heterocycles. The number of ether oxygens (including phenoxy) is 2. The maximum atomic E-state index is 12.6. The summed E-state index contributed by atoms with van der Waals surface area (Å²) in [7, 11) is 0. The number of carbonyl (C=O) groups excluding carboxylic acids is 1. The van der Waals surface area contributed by atoms with Crippen molar-refractivity contribution in [2.75, 3.05) is 19.7 Å². The number of para-hydroxylation sites is 1. The van der Waals surface area contributed by atoms with Gasteiger partial charge in [-0.15, -0.1) is 0 Å². The predicted molar refractivity (Wildman–Crippen MR) is 95.1 cm³/mol. The molecule has 0 aliphatic carbocycles. The van der Waals surface area contributed by atoms with Gasteiger partial charge in [-0.05, 0) is 38.8 Å². The Balaban J connectivity index is 1.37. The van der Waals surface area contributed by atoms with Crippen LogP contribution in [0.5, 0.6) is 5.75 Å². The molecule has 6 nitrogen and oxygen atoms in total. The number of benzene rings is 1. The van der Waals surface area contributed by atoms with Crippen LogP contribution in [-0.4, -0.2) is 47.4 Å². The van der Waals surface area contributed by atoms with E-state index in [4.69, 9.17) is 14.0 Å². The molecule has 2 aliphatic rings. The summed E-state index contributed by atoms with van der Waals surface area (Å²) in [5.74, 6) is 1.40. The van der Waals surface area contributed by atoms with Crippen molar-refractivity contribution in [1.29, 1.82) is 0 Å². The highest BCUT2D eigenvalue weighted by molar-refractivity contribution is 5.91. The normalized spacial score (nSPS) is 28.0. The van der Waals surface area contributed by atoms with Gasteiger partial charge in [0, 0.05) is 25.1 Å². The number of hydrogen-bond donors (Lipinski definition) is 0. The van der Waals surface area contributed by atoms with Gasteiger partial charge in [-0.1, -0.05) is 23.4 Å². The number of carbonyl (C=O) groups is 1. The average molecular weight is 356 g/mol. The molecule has 0 radical (unpaired) electrons. The molecule has 1 aromatic carbocycles. The summed E-state index contributed by atoms with van der Waals surface area (Å²) < 4.78 is 17.4. The Kier molecular flexibility index (Phi) is 4.44. The molecule has 1 amide bonds. The molecule has 0 spiro atoms. The van der Waals surface area contributed by atoms with Crippen LogP contribution < -0.4 is 4.74 Å². The second-order valence-electron chi connectivity index (χ2n) is 7.54. The van der Waals surface area contributed by atoms with E-state index in [1.165, 1.54) is 0 Å². The third-order valence-electron chi connectivity index (χ3n) is 5.21. The molecular formula is C20H24N2O4. The second-order valence-corrected chi connectivity index (χ2v) is 7.54. The summed E-state index contributed by atoms with van der Waals surface area (Å²) >= 11 is 0. The van der Waals surface area contributed by atoms with Gasteiger partial charge in [-0.25, -0.2) is 0 Å². The van der Waals surface area contributed by atoms with Crippen molar-refractivity contribution in [2.24, 2.45) is 5.92 Å². The maximum absolute atomic E-state index is 12.6. The molecule has 3 atom stereocenters. The third-order valence-corrected chi connectivity index (χ3v) is 5.21. The van der Waals surface area contributed by atoms with Crippen molar-refractivity contribution >= 4 is 5.91 Å². The topological polar surface area (TPSA) is 64.8 Å². The van der Waals surface area contributed by atoms with E-state index in [1.54, 1.807) is 6.07 Å². The largest absolute Gasteiger partial charge is 0.491 e. The molecule has 0 N–H and O–H groups in total. The van der Waals surface area contributed by atoms with Crippen molar-refractivity contribution in [3.8, 4) is 5.75 Å². The van der Waals surface area contributed by atoms with Crippen LogP contribution in [-0.2, 0) is 4.74 Å². The van der Waals surface area contributed by atoms with E-state index in [9.17, 15) is 4.79 Å². The van der Waals surface area contributed by atoms with E-state index in [0.29, 0.717) is 31.4 Å². The highest BCUT2D eigenvalue weighted by Gasteiger charge is 2.47. The van der Waals surface area contributed by atoms with Crippen LogP contribution in [0, 0.1) is 12.8 Å². The van der Waals surface area contributed by atoms with Crippen LogP contribution in [0.4, 0.5) is 0 Å². The zero-order valence-electron chi connectivity index (χ0n) is 15.2. The van der Waals surface area contributed by atoms with Gasteiger partial charge in [0.1, 0.15) is 18.0 Å². The molecule has 26 heavy (non-hydrogen) atoms. The Bertz CT molecular complexity index is 775. The van der Waals surface area contributed by atoms with Crippen LogP contribution in [0.3, 0.4) is 0 Å². The van der Waals surface area contributed by atoms with E-state index < -0.39 is 0 Å². The highest BCUT2D eigenvalue weighted by atomic mass is 16.6. The zero-order valence-corrected chi connectivity index (χ0v) is 15.2. The third kappa shape index (κ3) is 3.46. The Labute approximate surface area is 153 Å². The lowest BCUT2D eigenvalue weighted by atomic mass is 9.89. The molecule has 0 saturated carbocycles. The molecule has 0 unspecified atom stereocenters. The molecule has 138 valence electrons. The first-order chi connectivity index (χ1) is 12.5. The van der Waals surface area contributed by atoms with Crippen LogP contribution >= 0.6 is 0 Å². The van der Waals surface area contributed by atoms with Gasteiger partial charge in [-0.2, -0.15) is 0 Å². The molecule has 2 saturated heterocycles. The number of likely N-dealkylation sites (tertiary alicyclic amines) is 1. The molecule has 3 heterocycles. The monoisotopic (exact) mass is 356 g/mol. The fourth-order valence-corrected chi connectivity index (χ4v) is 3.98. The standard InChI is InChI=1S/C20H24N2O4/c1-14-10-18(26-21-14)19(23)22-9-8-17-15(12-22)11-20(2,25-17)13-24-16-6-4-3-5-7-16/h3-7,10,15,17H,8-9,11-13H2,1-2H3/t15-,17+,20-/m1/s1. The molecule has 0 bridgehead atoms. The van der Waals surface area contributed by atoms with Gasteiger partial charge < -0.3 is 18.9 Å². The maximum Gasteiger partial charge on any atom is 0.292 e. The molecular weight excluding hydrogens is 332 g/mol. The lowest BCUT2D eigenvalue weighted by Crippen LogP contribution is -2.44. The van der Waals surface area contributed by atoms with Crippen molar-refractivity contribution < 1.29 is 18.8 Å². The van der Waals surface area contributed by atoms with Gasteiger partial charge in [0.2, 0.25) is 5.76 Å². The lowest BCUT2D eigenvalue weighted by Gasteiger charge is -2.33. The molecule has 2 fully saturated rings. The highest BCUT2D eigenvalue weighted by Crippen LogP contribution is 2.39. The van der Waals surface area contributed by atoms with Gasteiger partial charge >= 0.3 is 0 Å². The number of fused-ring (bicyclic) bond motifs is 1. The van der Waals surface area contributed by atoms with Crippen LogP contribution in [0.15, 0.2) is 40.9 Å². The minimum Gasteiger partial charge on any atom is -0.491 e. The predicted octanol–water partition coefficient (Wildman–Crippen LogP) is 3.07. The van der Waals surface area contributed by atoms with Crippen LogP contribution in [0.2, 0.25) is 0 Å². The first-order valence-electron chi connectivity index (χ1n) is 9.11. The van der Waals surface area contributed by atoms with Gasteiger partial charge in [0.15, 0.2) is 0 Å². The molecule has 2 aromatic rings. The average Bonchev–Trinajstić information content (AvgIpc) is 3.22. The SMILES string of the molecule is Cc1cc(C(=O)N2CC[C@@H]3O[C@@](C)(COc4ccccc4)C[C@@H]3C2)on1. The van der Waals surface area contributed by atoms with Crippen molar-refractivity contribution in [3.05, 3.63) is 47.9 Å². The van der Waals surface area contributed by atoms with Crippen molar-refractivity contribution in [1.82, 2.24) is 10.1 Å². The first-order valence-corrected chi connectivity index (χ1v) is 9.11. The summed E-state index contributed by atoms with van der Waals surface area (Å²) in [6, 6.07) is 11.5. The minimum atomic E-state index is -0.326. The number of nitrogens with zero attached hydrogens (tertiary/aromatic N) is 2. The first kappa shape index (κ1) is 17.1.